The summed E-state index contributed by atoms with van der Waals surface area (Å²) in [6.45, 7) is 0.596. The number of amides is 1. The smallest absolute Gasteiger partial charge is 0.406 e. The lowest BCUT2D eigenvalue weighted by atomic mass is 9.97. The van der Waals surface area contributed by atoms with Gasteiger partial charge in [-0.15, -0.1) is 24.9 Å². The highest BCUT2D eigenvalue weighted by Gasteiger charge is 2.34. The zero-order valence-electron chi connectivity index (χ0n) is 17.3. The number of carbonyl (C=O) groups excluding carboxylic acids is 1. The van der Waals surface area contributed by atoms with Crippen LogP contribution in [-0.2, 0) is 21.4 Å². The number of carbonyl (C=O) groups is 1. The van der Waals surface area contributed by atoms with Gasteiger partial charge < -0.3 is 10.1 Å². The first-order chi connectivity index (χ1) is 15.1. The second kappa shape index (κ2) is 10.1. The molecular formula is C21H23F3N2O4S2. The summed E-state index contributed by atoms with van der Waals surface area (Å²) in [7, 11) is -4.00. The molecule has 0 atom stereocenters. The van der Waals surface area contributed by atoms with E-state index in [1.54, 1.807) is 11.8 Å². The highest BCUT2D eigenvalue weighted by atomic mass is 32.2. The lowest BCUT2D eigenvalue weighted by Crippen LogP contribution is -2.42. The van der Waals surface area contributed by atoms with E-state index in [2.05, 4.69) is 10.1 Å². The van der Waals surface area contributed by atoms with Crippen molar-refractivity contribution in [1.29, 1.82) is 0 Å². The van der Waals surface area contributed by atoms with Crippen LogP contribution in [0.25, 0.3) is 0 Å². The Morgan fingerprint density at radius 2 is 1.81 bits per heavy atom. The van der Waals surface area contributed by atoms with E-state index in [4.69, 9.17) is 0 Å². The number of nitrogens with zero attached hydrogens (tertiary/aromatic N) is 1. The molecule has 0 aromatic heterocycles. The van der Waals surface area contributed by atoms with Gasteiger partial charge in [-0.3, -0.25) is 4.79 Å². The minimum Gasteiger partial charge on any atom is -0.406 e. The van der Waals surface area contributed by atoms with E-state index in [1.807, 2.05) is 30.5 Å². The van der Waals surface area contributed by atoms with Crippen LogP contribution >= 0.6 is 11.8 Å². The van der Waals surface area contributed by atoms with E-state index < -0.39 is 22.1 Å². The second-order valence-electron chi connectivity index (χ2n) is 7.27. The minimum atomic E-state index is -4.91. The average Bonchev–Trinajstić information content (AvgIpc) is 2.77. The number of hydrogen-bond acceptors (Lipinski definition) is 5. The van der Waals surface area contributed by atoms with Crippen LogP contribution in [0.2, 0.25) is 0 Å². The van der Waals surface area contributed by atoms with Crippen molar-refractivity contribution in [2.75, 3.05) is 19.3 Å². The first-order valence-corrected chi connectivity index (χ1v) is 12.5. The SMILES string of the molecule is CSc1ccc(CNC(=O)C2CCN(S(=O)(=O)c3cccc(OC(F)(F)F)c3)CC2)cc1. The number of alkyl halides is 3. The number of nitrogens with one attached hydrogen (secondary N) is 1. The van der Waals surface area contributed by atoms with Crippen molar-refractivity contribution < 1.29 is 31.1 Å². The van der Waals surface area contributed by atoms with Gasteiger partial charge in [0.25, 0.3) is 0 Å². The number of thioether (sulfide) groups is 1. The van der Waals surface area contributed by atoms with Crippen molar-refractivity contribution in [2.45, 2.75) is 35.5 Å². The van der Waals surface area contributed by atoms with Crippen LogP contribution in [0.5, 0.6) is 5.75 Å². The van der Waals surface area contributed by atoms with Crippen molar-refractivity contribution in [2.24, 2.45) is 5.92 Å². The number of ether oxygens (including phenoxy) is 1. The number of sulfonamides is 1. The Morgan fingerprint density at radius 3 is 2.41 bits per heavy atom. The van der Waals surface area contributed by atoms with Gasteiger partial charge in [0, 0.05) is 36.5 Å². The Bertz CT molecular complexity index is 1040. The molecule has 1 N–H and O–H groups in total. The van der Waals surface area contributed by atoms with Gasteiger partial charge in [-0.1, -0.05) is 18.2 Å². The number of hydrogen-bond donors (Lipinski definition) is 1. The first-order valence-electron chi connectivity index (χ1n) is 9.85. The maximum Gasteiger partial charge on any atom is 0.573 e. The van der Waals surface area contributed by atoms with Gasteiger partial charge in [0.2, 0.25) is 15.9 Å². The van der Waals surface area contributed by atoms with E-state index in [-0.39, 0.29) is 29.8 Å². The second-order valence-corrected chi connectivity index (χ2v) is 10.1. The van der Waals surface area contributed by atoms with Crippen molar-refractivity contribution >= 4 is 27.7 Å². The molecule has 0 radical (unpaired) electrons. The molecule has 2 aromatic rings. The van der Waals surface area contributed by atoms with Crippen LogP contribution in [-0.4, -0.2) is 44.3 Å². The van der Waals surface area contributed by atoms with Crippen molar-refractivity contribution in [3.05, 3.63) is 54.1 Å². The van der Waals surface area contributed by atoms with E-state index >= 15 is 0 Å². The van der Waals surface area contributed by atoms with Gasteiger partial charge >= 0.3 is 6.36 Å². The Balaban J connectivity index is 1.56. The maximum absolute atomic E-state index is 12.8. The summed E-state index contributed by atoms with van der Waals surface area (Å²) in [6, 6.07) is 12.1. The topological polar surface area (TPSA) is 75.7 Å². The molecule has 0 unspecified atom stereocenters. The molecule has 11 heteroatoms. The monoisotopic (exact) mass is 488 g/mol. The van der Waals surface area contributed by atoms with Crippen LogP contribution in [0.1, 0.15) is 18.4 Å². The van der Waals surface area contributed by atoms with Gasteiger partial charge in [0.1, 0.15) is 5.75 Å². The first kappa shape index (κ1) is 24.4. The highest BCUT2D eigenvalue weighted by Crippen LogP contribution is 2.28. The normalized spacial score (nSPS) is 16.0. The molecule has 174 valence electrons. The highest BCUT2D eigenvalue weighted by molar-refractivity contribution is 7.98. The lowest BCUT2D eigenvalue weighted by Gasteiger charge is -2.30. The number of piperidine rings is 1. The molecule has 1 saturated heterocycles. The van der Waals surface area contributed by atoms with Crippen LogP contribution in [0.3, 0.4) is 0 Å². The number of halogens is 3. The predicted molar refractivity (Wildman–Crippen MR) is 115 cm³/mol. The summed E-state index contributed by atoms with van der Waals surface area (Å²) in [6.07, 6.45) is -2.27. The van der Waals surface area contributed by atoms with Crippen LogP contribution in [0, 0.1) is 5.92 Å². The van der Waals surface area contributed by atoms with Crippen LogP contribution < -0.4 is 10.1 Å². The fourth-order valence-corrected chi connectivity index (χ4v) is 5.33. The predicted octanol–water partition coefficient (Wildman–Crippen LogP) is 4.02. The summed E-state index contributed by atoms with van der Waals surface area (Å²) < 4.78 is 67.9. The standard InChI is InChI=1S/C21H23F3N2O4S2/c1-31-18-7-5-15(6-8-18)14-25-20(27)16-9-11-26(12-10-16)32(28,29)19-4-2-3-17(13-19)30-21(22,23)24/h2-8,13,16H,9-12,14H2,1H3,(H,25,27). The molecule has 0 aliphatic carbocycles. The summed E-state index contributed by atoms with van der Waals surface area (Å²) in [5.41, 5.74) is 0.970. The summed E-state index contributed by atoms with van der Waals surface area (Å²) in [5.74, 6) is -1.07. The van der Waals surface area contributed by atoms with Gasteiger partial charge in [-0.05, 0) is 48.9 Å². The van der Waals surface area contributed by atoms with Crippen LogP contribution in [0.4, 0.5) is 13.2 Å². The quantitative estimate of drug-likeness (QED) is 0.596. The van der Waals surface area contributed by atoms with Crippen LogP contribution in [0.15, 0.2) is 58.3 Å². The molecule has 1 aliphatic heterocycles. The Labute approximate surface area is 189 Å². The van der Waals surface area contributed by atoms with E-state index in [0.29, 0.717) is 19.4 Å². The van der Waals surface area contributed by atoms with E-state index in [9.17, 15) is 26.4 Å². The van der Waals surface area contributed by atoms with Gasteiger partial charge in [-0.25, -0.2) is 8.42 Å². The molecule has 0 spiro atoms. The Hall–Kier alpha value is -2.24. The largest absolute Gasteiger partial charge is 0.573 e. The molecular weight excluding hydrogens is 465 g/mol. The minimum absolute atomic E-state index is 0.104. The zero-order chi connectivity index (χ0) is 23.4. The molecule has 0 bridgehead atoms. The summed E-state index contributed by atoms with van der Waals surface area (Å²) in [5, 5.41) is 2.88. The molecule has 1 fully saturated rings. The molecule has 1 amide bonds. The molecule has 6 nitrogen and oxygen atoms in total. The average molecular weight is 489 g/mol. The third-order valence-corrected chi connectivity index (χ3v) is 7.77. The molecule has 32 heavy (non-hydrogen) atoms. The van der Waals surface area contributed by atoms with Crippen molar-refractivity contribution in [3.63, 3.8) is 0 Å². The van der Waals surface area contributed by atoms with E-state index in [1.165, 1.54) is 16.4 Å². The molecule has 1 heterocycles. The molecule has 2 aromatic carbocycles. The third-order valence-electron chi connectivity index (χ3n) is 5.13. The summed E-state index contributed by atoms with van der Waals surface area (Å²) in [4.78, 5) is 13.3. The fraction of sp³-hybridized carbons (Fsp3) is 0.381. The van der Waals surface area contributed by atoms with Gasteiger partial charge in [0.05, 0.1) is 4.90 Å². The molecule has 3 rings (SSSR count). The Morgan fingerprint density at radius 1 is 1.16 bits per heavy atom. The number of rotatable bonds is 7. The molecule has 1 aliphatic rings. The third kappa shape index (κ3) is 6.39. The maximum atomic E-state index is 12.8. The summed E-state index contributed by atoms with van der Waals surface area (Å²) >= 11 is 1.63. The fourth-order valence-electron chi connectivity index (χ4n) is 3.42. The van der Waals surface area contributed by atoms with E-state index in [0.717, 1.165) is 22.6 Å². The molecule has 0 saturated carbocycles. The van der Waals surface area contributed by atoms with Crippen molar-refractivity contribution in [1.82, 2.24) is 9.62 Å². The zero-order valence-corrected chi connectivity index (χ0v) is 18.9. The lowest BCUT2D eigenvalue weighted by molar-refractivity contribution is -0.274. The van der Waals surface area contributed by atoms with Gasteiger partial charge in [-0.2, -0.15) is 4.31 Å². The van der Waals surface area contributed by atoms with Gasteiger partial charge in [0.15, 0.2) is 0 Å². The van der Waals surface area contributed by atoms with Crippen molar-refractivity contribution in [3.8, 4) is 5.75 Å². The Kier molecular flexibility index (Phi) is 7.73. The number of benzene rings is 2.